The van der Waals surface area contributed by atoms with Crippen molar-refractivity contribution in [2.75, 3.05) is 18.7 Å². The van der Waals surface area contributed by atoms with E-state index < -0.39 is 19.5 Å². The van der Waals surface area contributed by atoms with Crippen LogP contribution >= 0.6 is 19.2 Å². The fourth-order valence-electron chi connectivity index (χ4n) is 3.16. The Morgan fingerprint density at radius 3 is 3.07 bits per heavy atom. The molecule has 1 fully saturated rings. The van der Waals surface area contributed by atoms with Gasteiger partial charge >= 0.3 is 7.60 Å². The normalized spacial score (nSPS) is 23.0. The molecule has 0 amide bonds. The van der Waals surface area contributed by atoms with E-state index in [-0.39, 0.29) is 24.1 Å². The number of nitrogens with zero attached hydrogens (tertiary/aromatic N) is 4. The van der Waals surface area contributed by atoms with E-state index in [2.05, 4.69) is 15.0 Å². The minimum Gasteiger partial charge on any atom is -0.382 e. The predicted molar refractivity (Wildman–Crippen MR) is 109 cm³/mol. The molecule has 160 valence electrons. The minimum atomic E-state index is -3.49. The first-order valence-electron chi connectivity index (χ1n) is 9.24. The van der Waals surface area contributed by atoms with Gasteiger partial charge < -0.3 is 19.6 Å². The quantitative estimate of drug-likeness (QED) is 0.556. The van der Waals surface area contributed by atoms with E-state index >= 15 is 0 Å². The standard InChI is InChI=1S/C18H20ClFN5O4P/c1-11(7-25-9-24-16-17(21)22-8-23-18(16)25)27-10-30(26)28-5-4-15(29-30)12-2-3-14(20)13(19)6-12/h2-3,6,8-9,11,15H,4-5,7,10H2,1H3,(H2,21,22,23)/t11-,15+,30?/m1/s1. The van der Waals surface area contributed by atoms with Crippen LogP contribution in [0.3, 0.4) is 0 Å². The molecule has 3 aromatic rings. The number of fused-ring (bicyclic) bond motifs is 1. The molecule has 2 aromatic heterocycles. The van der Waals surface area contributed by atoms with Crippen molar-refractivity contribution in [3.8, 4) is 0 Å². The number of rotatable bonds is 6. The number of hydrogen-bond acceptors (Lipinski definition) is 8. The number of nitrogen functional groups attached to an aromatic ring is 1. The molecule has 1 unspecified atom stereocenters. The van der Waals surface area contributed by atoms with E-state index in [0.717, 1.165) is 0 Å². The molecule has 2 N–H and O–H groups in total. The lowest BCUT2D eigenvalue weighted by atomic mass is 10.1. The Morgan fingerprint density at radius 1 is 1.43 bits per heavy atom. The molecule has 0 spiro atoms. The summed E-state index contributed by atoms with van der Waals surface area (Å²) in [7, 11) is -3.49. The van der Waals surface area contributed by atoms with Gasteiger partial charge in [0.05, 0.1) is 36.7 Å². The number of halogens is 2. The Bertz CT molecular complexity index is 1110. The van der Waals surface area contributed by atoms with Crippen molar-refractivity contribution in [2.45, 2.75) is 32.1 Å². The van der Waals surface area contributed by atoms with Crippen LogP contribution in [0.5, 0.6) is 0 Å². The van der Waals surface area contributed by atoms with Gasteiger partial charge in [0.1, 0.15) is 24.0 Å². The highest BCUT2D eigenvalue weighted by Crippen LogP contribution is 2.56. The lowest BCUT2D eigenvalue weighted by Crippen LogP contribution is -2.21. The molecule has 4 rings (SSSR count). The van der Waals surface area contributed by atoms with Crippen LogP contribution in [-0.4, -0.2) is 38.6 Å². The van der Waals surface area contributed by atoms with Crippen molar-refractivity contribution < 1.29 is 22.7 Å². The maximum Gasteiger partial charge on any atom is 0.356 e. The van der Waals surface area contributed by atoms with Crippen molar-refractivity contribution >= 4 is 36.2 Å². The van der Waals surface area contributed by atoms with E-state index in [4.69, 9.17) is 31.1 Å². The van der Waals surface area contributed by atoms with Gasteiger partial charge in [-0.15, -0.1) is 0 Å². The number of hydrogen-bond donors (Lipinski definition) is 1. The maximum atomic E-state index is 13.4. The van der Waals surface area contributed by atoms with E-state index in [0.29, 0.717) is 35.5 Å². The molecule has 12 heteroatoms. The second kappa shape index (κ2) is 8.56. The zero-order chi connectivity index (χ0) is 21.3. The van der Waals surface area contributed by atoms with Gasteiger partial charge in [0, 0.05) is 6.42 Å². The first-order chi connectivity index (χ1) is 14.3. The summed E-state index contributed by atoms with van der Waals surface area (Å²) in [5, 5.41) is -0.0145. The fraction of sp³-hybridized carbons (Fsp3) is 0.389. The van der Waals surface area contributed by atoms with Gasteiger partial charge in [0.15, 0.2) is 11.5 Å². The van der Waals surface area contributed by atoms with Crippen molar-refractivity contribution in [1.29, 1.82) is 0 Å². The van der Waals surface area contributed by atoms with Crippen molar-refractivity contribution in [3.05, 3.63) is 47.3 Å². The highest BCUT2D eigenvalue weighted by atomic mass is 35.5. The van der Waals surface area contributed by atoms with E-state index in [1.807, 2.05) is 6.92 Å². The predicted octanol–water partition coefficient (Wildman–Crippen LogP) is 3.93. The largest absolute Gasteiger partial charge is 0.382 e. The average molecular weight is 456 g/mol. The van der Waals surface area contributed by atoms with Gasteiger partial charge in [0.25, 0.3) is 0 Å². The van der Waals surface area contributed by atoms with Crippen molar-refractivity contribution in [2.24, 2.45) is 0 Å². The van der Waals surface area contributed by atoms with Gasteiger partial charge in [-0.1, -0.05) is 17.7 Å². The summed E-state index contributed by atoms with van der Waals surface area (Å²) in [6, 6.07) is 4.28. The highest BCUT2D eigenvalue weighted by molar-refractivity contribution is 7.53. The Kier molecular flexibility index (Phi) is 6.04. The van der Waals surface area contributed by atoms with E-state index in [1.165, 1.54) is 18.5 Å². The zero-order valence-electron chi connectivity index (χ0n) is 16.1. The fourth-order valence-corrected chi connectivity index (χ4v) is 4.99. The summed E-state index contributed by atoms with van der Waals surface area (Å²) < 4.78 is 45.0. The number of anilines is 1. The maximum absolute atomic E-state index is 13.4. The molecule has 1 aromatic carbocycles. The summed E-state index contributed by atoms with van der Waals surface area (Å²) in [6.45, 7) is 2.46. The van der Waals surface area contributed by atoms with Gasteiger partial charge in [0.2, 0.25) is 0 Å². The molecular weight excluding hydrogens is 436 g/mol. The molecule has 3 atom stereocenters. The molecular formula is C18H20ClFN5O4P. The zero-order valence-corrected chi connectivity index (χ0v) is 17.7. The third kappa shape index (κ3) is 4.48. The monoisotopic (exact) mass is 455 g/mol. The number of benzene rings is 1. The molecule has 0 aliphatic carbocycles. The lowest BCUT2D eigenvalue weighted by Gasteiger charge is -2.30. The number of aromatic nitrogens is 4. The summed E-state index contributed by atoms with van der Waals surface area (Å²) in [5.74, 6) is -0.223. The second-order valence-corrected chi connectivity index (χ2v) is 9.29. The molecule has 9 nitrogen and oxygen atoms in total. The van der Waals surface area contributed by atoms with Crippen LogP contribution in [0.4, 0.5) is 10.2 Å². The SMILES string of the molecule is C[C@H](Cn1cnc2c(N)ncnc21)OCP1(=O)OCC[C@@H](c2ccc(F)c(Cl)c2)O1. The van der Waals surface area contributed by atoms with Crippen LogP contribution < -0.4 is 5.73 Å². The van der Waals surface area contributed by atoms with E-state index in [1.54, 1.807) is 17.0 Å². The third-order valence-electron chi connectivity index (χ3n) is 4.67. The van der Waals surface area contributed by atoms with Gasteiger partial charge in [-0.3, -0.25) is 9.09 Å². The van der Waals surface area contributed by atoms with E-state index in [9.17, 15) is 8.96 Å². The first-order valence-corrected chi connectivity index (χ1v) is 11.3. The number of ether oxygens (including phenoxy) is 1. The number of nitrogens with two attached hydrogens (primary N) is 1. The molecule has 30 heavy (non-hydrogen) atoms. The van der Waals surface area contributed by atoms with Crippen molar-refractivity contribution in [3.63, 3.8) is 0 Å². The summed E-state index contributed by atoms with van der Waals surface area (Å²) in [4.78, 5) is 12.3. The van der Waals surface area contributed by atoms with Crippen LogP contribution in [0.2, 0.25) is 5.02 Å². The molecule has 0 saturated carbocycles. The first kappa shape index (κ1) is 21.1. The minimum absolute atomic E-state index is 0.0145. The van der Waals surface area contributed by atoms with Gasteiger partial charge in [-0.25, -0.2) is 19.3 Å². The van der Waals surface area contributed by atoms with Crippen LogP contribution in [0.25, 0.3) is 11.2 Å². The smallest absolute Gasteiger partial charge is 0.356 e. The Labute approximate surface area is 176 Å². The molecule has 0 bridgehead atoms. The summed E-state index contributed by atoms with van der Waals surface area (Å²) in [5.41, 5.74) is 7.53. The van der Waals surface area contributed by atoms with Gasteiger partial charge in [-0.05, 0) is 24.6 Å². The summed E-state index contributed by atoms with van der Waals surface area (Å²) in [6.07, 6.45) is 2.37. The molecule has 1 aliphatic heterocycles. The van der Waals surface area contributed by atoms with Crippen LogP contribution in [-0.2, 0) is 24.9 Å². The van der Waals surface area contributed by atoms with Gasteiger partial charge in [-0.2, -0.15) is 0 Å². The Morgan fingerprint density at radius 2 is 2.27 bits per heavy atom. The highest BCUT2D eigenvalue weighted by Gasteiger charge is 2.35. The summed E-state index contributed by atoms with van der Waals surface area (Å²) >= 11 is 5.85. The Balaban J connectivity index is 1.38. The van der Waals surface area contributed by atoms with Crippen LogP contribution in [0.1, 0.15) is 25.0 Å². The average Bonchev–Trinajstić information content (AvgIpc) is 3.13. The Hall–Kier alpha value is -2.10. The van der Waals surface area contributed by atoms with Crippen LogP contribution in [0, 0.1) is 5.82 Å². The molecule has 1 saturated heterocycles. The molecule has 0 radical (unpaired) electrons. The number of imidazole rings is 1. The lowest BCUT2D eigenvalue weighted by molar-refractivity contribution is 0.0340. The third-order valence-corrected chi connectivity index (χ3v) is 6.58. The van der Waals surface area contributed by atoms with Crippen LogP contribution in [0.15, 0.2) is 30.9 Å². The second-order valence-electron chi connectivity index (χ2n) is 6.93. The molecule has 3 heterocycles. The van der Waals surface area contributed by atoms with Crippen molar-refractivity contribution in [1.82, 2.24) is 19.5 Å². The molecule has 1 aliphatic rings. The topological polar surface area (TPSA) is 114 Å².